The number of nitrogens with one attached hydrogen (secondary N) is 1. The highest BCUT2D eigenvalue weighted by atomic mass is 19.1. The number of benzene rings is 2. The minimum atomic E-state index is -0.575. The Labute approximate surface area is 221 Å². The molecule has 3 aliphatic heterocycles. The van der Waals surface area contributed by atoms with Gasteiger partial charge in [-0.05, 0) is 55.5 Å². The fraction of sp³-hybridized carbons (Fsp3) is 0.481. The first kappa shape index (κ1) is 25.9. The maximum Gasteiger partial charge on any atom is 0.328 e. The van der Waals surface area contributed by atoms with Crippen molar-refractivity contribution in [1.82, 2.24) is 10.2 Å². The maximum absolute atomic E-state index is 14.4. The minimum absolute atomic E-state index is 0.224. The van der Waals surface area contributed by atoms with E-state index in [0.29, 0.717) is 24.6 Å². The number of piperidine rings is 1. The fourth-order valence-electron chi connectivity index (χ4n) is 5.71. The van der Waals surface area contributed by atoms with E-state index in [-0.39, 0.29) is 17.6 Å². The molecule has 0 saturated carbocycles. The van der Waals surface area contributed by atoms with Gasteiger partial charge in [-0.15, -0.1) is 0 Å². The van der Waals surface area contributed by atoms with Crippen LogP contribution in [-0.4, -0.2) is 74.1 Å². The number of nitro groups is 1. The average molecular weight is 525 g/mol. The summed E-state index contributed by atoms with van der Waals surface area (Å²) in [7, 11) is 0. The first-order valence-electron chi connectivity index (χ1n) is 13.2. The molecule has 0 unspecified atom stereocenters. The van der Waals surface area contributed by atoms with Crippen molar-refractivity contribution in [1.29, 1.82) is 0 Å². The summed E-state index contributed by atoms with van der Waals surface area (Å²) in [5.41, 5.74) is 3.19. The molecule has 3 fully saturated rings. The zero-order valence-corrected chi connectivity index (χ0v) is 21.6. The molecule has 0 aromatic heterocycles. The molecule has 0 atom stereocenters. The first-order valence-corrected chi connectivity index (χ1v) is 13.2. The number of imide groups is 1. The van der Waals surface area contributed by atoms with Gasteiger partial charge in [-0.3, -0.25) is 30.0 Å². The SMILES string of the molecule is Cc1cc(N2CCN(CC3CCN(c4ccc([N+](=O)[O-])cc4F)CC3)CC2)ccc1N1CCC(=O)NC1=O. The van der Waals surface area contributed by atoms with E-state index in [1.165, 1.54) is 12.1 Å². The highest BCUT2D eigenvalue weighted by Gasteiger charge is 2.28. The molecule has 0 spiro atoms. The highest BCUT2D eigenvalue weighted by molar-refractivity contribution is 6.06. The molecule has 1 N–H and O–H groups in total. The quantitative estimate of drug-likeness (QED) is 0.456. The van der Waals surface area contributed by atoms with Crippen molar-refractivity contribution in [2.75, 3.05) is 67.1 Å². The van der Waals surface area contributed by atoms with Gasteiger partial charge >= 0.3 is 6.03 Å². The molecular formula is C27H33FN6O4. The summed E-state index contributed by atoms with van der Waals surface area (Å²) in [5.74, 6) is -0.225. The van der Waals surface area contributed by atoms with Crippen LogP contribution in [0.5, 0.6) is 0 Å². The van der Waals surface area contributed by atoms with Crippen molar-refractivity contribution in [3.05, 3.63) is 57.9 Å². The molecule has 202 valence electrons. The van der Waals surface area contributed by atoms with Crippen molar-refractivity contribution in [3.8, 4) is 0 Å². The fourth-order valence-corrected chi connectivity index (χ4v) is 5.71. The third-order valence-corrected chi connectivity index (χ3v) is 7.88. The molecule has 3 heterocycles. The minimum Gasteiger partial charge on any atom is -0.369 e. The van der Waals surface area contributed by atoms with Gasteiger partial charge in [0.25, 0.3) is 5.69 Å². The van der Waals surface area contributed by atoms with Crippen LogP contribution in [0.25, 0.3) is 0 Å². The van der Waals surface area contributed by atoms with Gasteiger partial charge in [-0.1, -0.05) is 0 Å². The zero-order chi connectivity index (χ0) is 26.8. The molecule has 0 aliphatic carbocycles. The van der Waals surface area contributed by atoms with Crippen LogP contribution in [-0.2, 0) is 4.79 Å². The van der Waals surface area contributed by atoms with Gasteiger partial charge in [0.05, 0.1) is 16.7 Å². The Hall–Kier alpha value is -3.73. The standard InChI is InChI=1S/C27H33FN6O4/c1-19-16-21(2-4-24(19)33-11-8-26(35)29-27(33)36)31-14-12-30(13-15-31)18-20-6-9-32(10-7-20)25-5-3-22(34(37)38)17-23(25)28/h2-5,16-17,20H,6-15,18H2,1H3,(H,29,35,36). The largest absolute Gasteiger partial charge is 0.369 e. The van der Waals surface area contributed by atoms with E-state index >= 15 is 0 Å². The number of piperazine rings is 1. The summed E-state index contributed by atoms with van der Waals surface area (Å²) in [4.78, 5) is 42.5. The molecule has 0 radical (unpaired) electrons. The summed E-state index contributed by atoms with van der Waals surface area (Å²) >= 11 is 0. The molecular weight excluding hydrogens is 491 g/mol. The topological polar surface area (TPSA) is 102 Å². The molecule has 3 saturated heterocycles. The predicted molar refractivity (Wildman–Crippen MR) is 143 cm³/mol. The third kappa shape index (κ3) is 5.57. The summed E-state index contributed by atoms with van der Waals surface area (Å²) in [6.07, 6.45) is 2.24. The van der Waals surface area contributed by atoms with E-state index in [4.69, 9.17) is 0 Å². The van der Waals surface area contributed by atoms with Gasteiger partial charge in [-0.2, -0.15) is 0 Å². The van der Waals surface area contributed by atoms with E-state index in [9.17, 15) is 24.1 Å². The number of hydrogen-bond donors (Lipinski definition) is 1. The van der Waals surface area contributed by atoms with Crippen molar-refractivity contribution in [2.24, 2.45) is 5.92 Å². The van der Waals surface area contributed by atoms with Crippen LogP contribution in [0.15, 0.2) is 36.4 Å². The van der Waals surface area contributed by atoms with E-state index in [0.717, 1.165) is 81.7 Å². The van der Waals surface area contributed by atoms with Crippen LogP contribution in [0, 0.1) is 28.8 Å². The van der Waals surface area contributed by atoms with Crippen molar-refractivity contribution >= 4 is 34.7 Å². The molecule has 0 bridgehead atoms. The molecule has 38 heavy (non-hydrogen) atoms. The highest BCUT2D eigenvalue weighted by Crippen LogP contribution is 2.30. The van der Waals surface area contributed by atoms with Crippen LogP contribution in [0.1, 0.15) is 24.8 Å². The Bertz CT molecular complexity index is 1220. The molecule has 10 nitrogen and oxygen atoms in total. The summed E-state index contributed by atoms with van der Waals surface area (Å²) < 4.78 is 14.4. The van der Waals surface area contributed by atoms with Gasteiger partial charge < -0.3 is 9.80 Å². The lowest BCUT2D eigenvalue weighted by atomic mass is 9.95. The van der Waals surface area contributed by atoms with E-state index in [2.05, 4.69) is 27.2 Å². The van der Waals surface area contributed by atoms with Crippen LogP contribution in [0.2, 0.25) is 0 Å². The number of non-ortho nitro benzene ring substituents is 1. The van der Waals surface area contributed by atoms with Crippen LogP contribution in [0.3, 0.4) is 0 Å². The van der Waals surface area contributed by atoms with Gasteiger partial charge in [0, 0.05) is 76.2 Å². The Kier molecular flexibility index (Phi) is 7.46. The Morgan fingerprint density at radius 2 is 1.66 bits per heavy atom. The second-order valence-electron chi connectivity index (χ2n) is 10.3. The van der Waals surface area contributed by atoms with Gasteiger partial charge in [0.1, 0.15) is 0 Å². The second kappa shape index (κ2) is 10.9. The number of rotatable bonds is 6. The van der Waals surface area contributed by atoms with Crippen molar-refractivity contribution < 1.29 is 18.9 Å². The van der Waals surface area contributed by atoms with Gasteiger partial charge in [0.15, 0.2) is 5.82 Å². The number of halogens is 1. The lowest BCUT2D eigenvalue weighted by Crippen LogP contribution is -2.50. The summed E-state index contributed by atoms with van der Waals surface area (Å²) in [6.45, 7) is 8.67. The average Bonchev–Trinajstić information content (AvgIpc) is 2.90. The molecule has 5 rings (SSSR count). The smallest absolute Gasteiger partial charge is 0.328 e. The van der Waals surface area contributed by atoms with Crippen LogP contribution >= 0.6 is 0 Å². The zero-order valence-electron chi connectivity index (χ0n) is 21.6. The number of aryl methyl sites for hydroxylation is 1. The van der Waals surface area contributed by atoms with Crippen molar-refractivity contribution in [2.45, 2.75) is 26.2 Å². The number of nitrogens with zero attached hydrogens (tertiary/aromatic N) is 5. The molecule has 2 aromatic rings. The molecule has 2 aromatic carbocycles. The van der Waals surface area contributed by atoms with Gasteiger partial charge in [0.2, 0.25) is 5.91 Å². The van der Waals surface area contributed by atoms with Crippen LogP contribution < -0.4 is 20.0 Å². The Balaban J connectivity index is 1.10. The summed E-state index contributed by atoms with van der Waals surface area (Å²) in [5, 5.41) is 13.3. The Morgan fingerprint density at radius 1 is 0.947 bits per heavy atom. The monoisotopic (exact) mass is 524 g/mol. The number of urea groups is 1. The number of anilines is 3. The Morgan fingerprint density at radius 3 is 2.29 bits per heavy atom. The number of carbonyl (C=O) groups excluding carboxylic acids is 2. The number of carbonyl (C=O) groups is 2. The number of nitro benzene ring substituents is 1. The van der Waals surface area contributed by atoms with E-state index in [1.54, 1.807) is 4.90 Å². The number of amides is 3. The molecule has 11 heteroatoms. The third-order valence-electron chi connectivity index (χ3n) is 7.88. The number of hydrogen-bond acceptors (Lipinski definition) is 7. The van der Waals surface area contributed by atoms with E-state index < -0.39 is 10.7 Å². The van der Waals surface area contributed by atoms with Gasteiger partial charge in [-0.25, -0.2) is 9.18 Å². The first-order chi connectivity index (χ1) is 18.3. The molecule has 3 aliphatic rings. The maximum atomic E-state index is 14.4. The normalized spacial score (nSPS) is 19.6. The predicted octanol–water partition coefficient (Wildman–Crippen LogP) is 3.53. The van der Waals surface area contributed by atoms with E-state index in [1.807, 2.05) is 17.9 Å². The second-order valence-corrected chi connectivity index (χ2v) is 10.3. The van der Waals surface area contributed by atoms with Crippen LogP contribution in [0.4, 0.5) is 31.9 Å². The van der Waals surface area contributed by atoms with Crippen molar-refractivity contribution in [3.63, 3.8) is 0 Å². The summed E-state index contributed by atoms with van der Waals surface area (Å²) in [6, 6.07) is 9.65. The molecule has 3 amide bonds. The lowest BCUT2D eigenvalue weighted by Gasteiger charge is -2.40. The lowest BCUT2D eigenvalue weighted by molar-refractivity contribution is -0.385.